The Balaban J connectivity index is 2.42. The maximum atomic E-state index is 11.5. The van der Waals surface area contributed by atoms with E-state index in [1.54, 1.807) is 11.9 Å². The normalized spacial score (nSPS) is 17.0. The highest BCUT2D eigenvalue weighted by Gasteiger charge is 2.23. The van der Waals surface area contributed by atoms with E-state index in [4.69, 9.17) is 4.74 Å². The molecule has 0 radical (unpaired) electrons. The molecule has 1 heterocycles. The first-order chi connectivity index (χ1) is 8.22. The molecule has 6 nitrogen and oxygen atoms in total. The van der Waals surface area contributed by atoms with E-state index in [0.29, 0.717) is 19.7 Å². The molecule has 0 spiro atoms. The molecule has 0 aromatic rings. The molecular weight excluding hydrogens is 220 g/mol. The number of guanidine groups is 1. The SMILES string of the molecule is CCNC(=NC)N1CCN(C(=O)OCC)CC1. The summed E-state index contributed by atoms with van der Waals surface area (Å²) in [7, 11) is 1.77. The van der Waals surface area contributed by atoms with Crippen molar-refractivity contribution >= 4 is 12.1 Å². The predicted octanol–water partition coefficient (Wildman–Crippen LogP) is 0.356. The molecule has 1 amide bonds. The Morgan fingerprint density at radius 2 is 1.82 bits per heavy atom. The number of nitrogens with zero attached hydrogens (tertiary/aromatic N) is 3. The molecule has 1 rings (SSSR count). The minimum atomic E-state index is -0.217. The second-order valence-corrected chi connectivity index (χ2v) is 3.75. The number of ether oxygens (including phenoxy) is 1. The summed E-state index contributed by atoms with van der Waals surface area (Å²) >= 11 is 0. The summed E-state index contributed by atoms with van der Waals surface area (Å²) in [5, 5.41) is 3.21. The number of carbonyl (C=O) groups is 1. The van der Waals surface area contributed by atoms with Gasteiger partial charge in [-0.1, -0.05) is 0 Å². The summed E-state index contributed by atoms with van der Waals surface area (Å²) in [6.45, 7) is 8.09. The van der Waals surface area contributed by atoms with E-state index < -0.39 is 0 Å². The van der Waals surface area contributed by atoms with Gasteiger partial charge in [0.25, 0.3) is 0 Å². The van der Waals surface area contributed by atoms with Crippen LogP contribution in [0.4, 0.5) is 4.79 Å². The predicted molar refractivity (Wildman–Crippen MR) is 67.2 cm³/mol. The van der Waals surface area contributed by atoms with Crippen LogP contribution in [0.25, 0.3) is 0 Å². The first kappa shape index (κ1) is 13.6. The van der Waals surface area contributed by atoms with Crippen LogP contribution in [0.5, 0.6) is 0 Å². The van der Waals surface area contributed by atoms with Crippen LogP contribution in [0.3, 0.4) is 0 Å². The van der Waals surface area contributed by atoms with Crippen molar-refractivity contribution < 1.29 is 9.53 Å². The molecule has 1 fully saturated rings. The van der Waals surface area contributed by atoms with Gasteiger partial charge in [0.2, 0.25) is 0 Å². The lowest BCUT2D eigenvalue weighted by molar-refractivity contribution is 0.0915. The Morgan fingerprint density at radius 1 is 1.24 bits per heavy atom. The lowest BCUT2D eigenvalue weighted by atomic mass is 10.3. The first-order valence-electron chi connectivity index (χ1n) is 6.10. The molecule has 98 valence electrons. The van der Waals surface area contributed by atoms with Gasteiger partial charge >= 0.3 is 6.09 Å². The second-order valence-electron chi connectivity index (χ2n) is 3.75. The molecule has 6 heteroatoms. The van der Waals surface area contributed by atoms with Crippen molar-refractivity contribution in [3.05, 3.63) is 0 Å². The fourth-order valence-electron chi connectivity index (χ4n) is 1.81. The fourth-order valence-corrected chi connectivity index (χ4v) is 1.81. The van der Waals surface area contributed by atoms with Gasteiger partial charge in [-0.15, -0.1) is 0 Å². The smallest absolute Gasteiger partial charge is 0.409 e. The lowest BCUT2D eigenvalue weighted by Gasteiger charge is -2.35. The van der Waals surface area contributed by atoms with E-state index in [1.165, 1.54) is 0 Å². The first-order valence-corrected chi connectivity index (χ1v) is 6.10. The van der Waals surface area contributed by atoms with E-state index in [9.17, 15) is 4.79 Å². The summed E-state index contributed by atoms with van der Waals surface area (Å²) in [4.78, 5) is 19.6. The van der Waals surface area contributed by atoms with Crippen LogP contribution in [-0.4, -0.2) is 68.2 Å². The number of rotatable bonds is 2. The Kier molecular flexibility index (Phi) is 5.59. The van der Waals surface area contributed by atoms with Gasteiger partial charge < -0.3 is 19.9 Å². The Bertz CT molecular complexity index is 273. The summed E-state index contributed by atoms with van der Waals surface area (Å²) < 4.78 is 4.97. The molecule has 0 aromatic carbocycles. The van der Waals surface area contributed by atoms with Gasteiger partial charge in [-0.25, -0.2) is 4.79 Å². The number of hydrogen-bond donors (Lipinski definition) is 1. The maximum absolute atomic E-state index is 11.5. The zero-order chi connectivity index (χ0) is 12.7. The summed E-state index contributed by atoms with van der Waals surface area (Å²) in [6, 6.07) is 0. The minimum Gasteiger partial charge on any atom is -0.450 e. The number of hydrogen-bond acceptors (Lipinski definition) is 3. The van der Waals surface area contributed by atoms with Gasteiger partial charge in [0.1, 0.15) is 0 Å². The number of piperazine rings is 1. The van der Waals surface area contributed by atoms with Crippen LogP contribution in [0.2, 0.25) is 0 Å². The average molecular weight is 242 g/mol. The number of nitrogens with one attached hydrogen (secondary N) is 1. The number of amides is 1. The van der Waals surface area contributed by atoms with Crippen LogP contribution in [0.1, 0.15) is 13.8 Å². The summed E-state index contributed by atoms with van der Waals surface area (Å²) in [6.07, 6.45) is -0.217. The molecule has 0 unspecified atom stereocenters. The summed E-state index contributed by atoms with van der Waals surface area (Å²) in [5.41, 5.74) is 0. The zero-order valence-corrected chi connectivity index (χ0v) is 10.9. The molecule has 0 atom stereocenters. The Labute approximate surface area is 103 Å². The van der Waals surface area contributed by atoms with E-state index in [0.717, 1.165) is 25.6 Å². The van der Waals surface area contributed by atoms with Crippen molar-refractivity contribution in [3.8, 4) is 0 Å². The Morgan fingerprint density at radius 3 is 2.29 bits per heavy atom. The van der Waals surface area contributed by atoms with E-state index in [1.807, 2.05) is 13.8 Å². The standard InChI is InChI=1S/C11H22N4O2/c1-4-13-10(12-3)14-6-8-15(9-7-14)11(16)17-5-2/h4-9H2,1-3H3,(H,12,13). The topological polar surface area (TPSA) is 57.2 Å². The van der Waals surface area contributed by atoms with E-state index in [2.05, 4.69) is 15.2 Å². The van der Waals surface area contributed by atoms with Crippen molar-refractivity contribution in [2.24, 2.45) is 4.99 Å². The second kappa shape index (κ2) is 6.98. The average Bonchev–Trinajstić information content (AvgIpc) is 2.36. The lowest BCUT2D eigenvalue weighted by Crippen LogP contribution is -2.53. The number of carbonyl (C=O) groups excluding carboxylic acids is 1. The third-order valence-corrected chi connectivity index (χ3v) is 2.65. The zero-order valence-electron chi connectivity index (χ0n) is 10.9. The minimum absolute atomic E-state index is 0.217. The quantitative estimate of drug-likeness (QED) is 0.561. The van der Waals surface area contributed by atoms with E-state index >= 15 is 0 Å². The third-order valence-electron chi connectivity index (χ3n) is 2.65. The van der Waals surface area contributed by atoms with Crippen molar-refractivity contribution in [3.63, 3.8) is 0 Å². The van der Waals surface area contributed by atoms with E-state index in [-0.39, 0.29) is 6.09 Å². The van der Waals surface area contributed by atoms with Gasteiger partial charge in [-0.2, -0.15) is 0 Å². The molecule has 0 saturated carbocycles. The Hall–Kier alpha value is -1.46. The molecule has 1 saturated heterocycles. The summed E-state index contributed by atoms with van der Waals surface area (Å²) in [5.74, 6) is 0.899. The van der Waals surface area contributed by atoms with Gasteiger partial charge in [0.15, 0.2) is 5.96 Å². The van der Waals surface area contributed by atoms with Crippen molar-refractivity contribution in [2.75, 3.05) is 46.4 Å². The van der Waals surface area contributed by atoms with Gasteiger partial charge in [0.05, 0.1) is 6.61 Å². The van der Waals surface area contributed by atoms with Gasteiger partial charge in [0, 0.05) is 39.8 Å². The molecule has 1 aliphatic heterocycles. The van der Waals surface area contributed by atoms with Crippen LogP contribution in [-0.2, 0) is 4.74 Å². The fraction of sp³-hybridized carbons (Fsp3) is 0.818. The maximum Gasteiger partial charge on any atom is 0.409 e. The van der Waals surface area contributed by atoms with Crippen LogP contribution in [0.15, 0.2) is 4.99 Å². The molecule has 0 bridgehead atoms. The van der Waals surface area contributed by atoms with Crippen LogP contribution < -0.4 is 5.32 Å². The molecule has 1 N–H and O–H groups in total. The van der Waals surface area contributed by atoms with Crippen LogP contribution in [0, 0.1) is 0 Å². The van der Waals surface area contributed by atoms with Gasteiger partial charge in [-0.3, -0.25) is 4.99 Å². The monoisotopic (exact) mass is 242 g/mol. The van der Waals surface area contributed by atoms with Crippen molar-refractivity contribution in [1.82, 2.24) is 15.1 Å². The largest absolute Gasteiger partial charge is 0.450 e. The highest BCUT2D eigenvalue weighted by atomic mass is 16.6. The van der Waals surface area contributed by atoms with Gasteiger partial charge in [-0.05, 0) is 13.8 Å². The molecule has 17 heavy (non-hydrogen) atoms. The highest BCUT2D eigenvalue weighted by molar-refractivity contribution is 5.80. The third kappa shape index (κ3) is 3.80. The highest BCUT2D eigenvalue weighted by Crippen LogP contribution is 2.04. The number of aliphatic imine (C=N–C) groups is 1. The molecular formula is C11H22N4O2. The molecule has 0 aromatic heterocycles. The molecule has 0 aliphatic carbocycles. The molecule has 1 aliphatic rings. The van der Waals surface area contributed by atoms with Crippen LogP contribution >= 0.6 is 0 Å². The van der Waals surface area contributed by atoms with Crippen molar-refractivity contribution in [1.29, 1.82) is 0 Å². The van der Waals surface area contributed by atoms with Crippen molar-refractivity contribution in [2.45, 2.75) is 13.8 Å².